The lowest BCUT2D eigenvalue weighted by Crippen LogP contribution is -2.30. The number of hydrogen-bond donors (Lipinski definition) is 0. The number of amides is 1. The fourth-order valence-electron chi connectivity index (χ4n) is 2.47. The van der Waals surface area contributed by atoms with Crippen LogP contribution in [0.15, 0.2) is 43.0 Å². The zero-order valence-electron chi connectivity index (χ0n) is 11.5. The van der Waals surface area contributed by atoms with Crippen molar-refractivity contribution in [2.45, 2.75) is 18.3 Å². The molecule has 1 fully saturated rings. The van der Waals surface area contributed by atoms with Crippen LogP contribution >= 0.6 is 23.4 Å². The molecule has 1 aromatic carbocycles. The highest BCUT2D eigenvalue weighted by Crippen LogP contribution is 2.41. The summed E-state index contributed by atoms with van der Waals surface area (Å²) in [6, 6.07) is 7.76. The third kappa shape index (κ3) is 3.24. The summed E-state index contributed by atoms with van der Waals surface area (Å²) in [7, 11) is 0. The maximum Gasteiger partial charge on any atom is 0.233 e. The second-order valence-electron chi connectivity index (χ2n) is 4.93. The summed E-state index contributed by atoms with van der Waals surface area (Å²) in [5.41, 5.74) is 1.03. The topological polar surface area (TPSA) is 38.1 Å². The fourth-order valence-corrected chi connectivity index (χ4v) is 4.03. The standard InChI is InChI=1S/C15H16ClN3OS/c16-13-5-2-1-4-12(13)15-19(14(20)10-21-15)8-3-7-18-9-6-17-11-18/h1-2,4-6,9,11,15H,3,7-8,10H2. The molecule has 0 saturated carbocycles. The van der Waals surface area contributed by atoms with E-state index >= 15 is 0 Å². The molecule has 0 N–H and O–H groups in total. The number of carbonyl (C=O) groups excluding carboxylic acids is 1. The van der Waals surface area contributed by atoms with E-state index in [2.05, 4.69) is 4.98 Å². The van der Waals surface area contributed by atoms with Crippen molar-refractivity contribution in [3.05, 3.63) is 53.6 Å². The Morgan fingerprint density at radius 1 is 1.33 bits per heavy atom. The highest BCUT2D eigenvalue weighted by Gasteiger charge is 2.33. The van der Waals surface area contributed by atoms with Gasteiger partial charge in [-0.1, -0.05) is 29.8 Å². The molecule has 1 unspecified atom stereocenters. The van der Waals surface area contributed by atoms with Crippen LogP contribution in [-0.4, -0.2) is 32.7 Å². The minimum Gasteiger partial charge on any atom is -0.337 e. The van der Waals surface area contributed by atoms with Gasteiger partial charge in [0.25, 0.3) is 0 Å². The van der Waals surface area contributed by atoms with Crippen LogP contribution < -0.4 is 0 Å². The van der Waals surface area contributed by atoms with E-state index in [4.69, 9.17) is 11.6 Å². The number of halogens is 1. The van der Waals surface area contributed by atoms with Crippen LogP contribution in [0.2, 0.25) is 5.02 Å². The second kappa shape index (κ2) is 6.54. The summed E-state index contributed by atoms with van der Waals surface area (Å²) >= 11 is 7.92. The minimum atomic E-state index is 0.0361. The Hall–Kier alpha value is -1.46. The second-order valence-corrected chi connectivity index (χ2v) is 6.40. The molecule has 3 rings (SSSR count). The smallest absolute Gasteiger partial charge is 0.233 e. The number of nitrogens with zero attached hydrogens (tertiary/aromatic N) is 3. The molecule has 110 valence electrons. The molecule has 2 heterocycles. The van der Waals surface area contributed by atoms with Gasteiger partial charge < -0.3 is 9.47 Å². The number of aromatic nitrogens is 2. The number of rotatable bonds is 5. The van der Waals surface area contributed by atoms with Gasteiger partial charge in [-0.15, -0.1) is 11.8 Å². The summed E-state index contributed by atoms with van der Waals surface area (Å²) in [5, 5.41) is 0.762. The van der Waals surface area contributed by atoms with Crippen LogP contribution in [0, 0.1) is 0 Å². The summed E-state index contributed by atoms with van der Waals surface area (Å²) in [4.78, 5) is 18.1. The molecule has 2 aromatic rings. The molecule has 21 heavy (non-hydrogen) atoms. The molecule has 4 nitrogen and oxygen atoms in total. The van der Waals surface area contributed by atoms with Crippen molar-refractivity contribution in [3.8, 4) is 0 Å². The van der Waals surface area contributed by atoms with Crippen molar-refractivity contribution >= 4 is 29.3 Å². The zero-order chi connectivity index (χ0) is 14.7. The molecule has 0 bridgehead atoms. The first-order valence-corrected chi connectivity index (χ1v) is 8.29. The molecule has 1 aliphatic rings. The van der Waals surface area contributed by atoms with Crippen molar-refractivity contribution in [3.63, 3.8) is 0 Å². The first kappa shape index (κ1) is 14.5. The van der Waals surface area contributed by atoms with Gasteiger partial charge in [-0.05, 0) is 12.5 Å². The van der Waals surface area contributed by atoms with Crippen LogP contribution in [0.5, 0.6) is 0 Å². The van der Waals surface area contributed by atoms with E-state index in [0.717, 1.165) is 30.1 Å². The molecular weight excluding hydrogens is 306 g/mol. The SMILES string of the molecule is O=C1CSC(c2ccccc2Cl)N1CCCn1ccnc1. The van der Waals surface area contributed by atoms with E-state index in [1.165, 1.54) is 0 Å². The van der Waals surface area contributed by atoms with Crippen molar-refractivity contribution < 1.29 is 4.79 Å². The molecule has 1 aromatic heterocycles. The summed E-state index contributed by atoms with van der Waals surface area (Å²) in [6.07, 6.45) is 6.41. The molecule has 1 aliphatic heterocycles. The van der Waals surface area contributed by atoms with Crippen molar-refractivity contribution in [1.29, 1.82) is 0 Å². The Morgan fingerprint density at radius 2 is 2.19 bits per heavy atom. The lowest BCUT2D eigenvalue weighted by Gasteiger charge is -2.25. The number of benzene rings is 1. The Kier molecular flexibility index (Phi) is 4.51. The van der Waals surface area contributed by atoms with E-state index in [-0.39, 0.29) is 11.3 Å². The van der Waals surface area contributed by atoms with Gasteiger partial charge in [0.2, 0.25) is 5.91 Å². The van der Waals surface area contributed by atoms with Crippen molar-refractivity contribution in [2.75, 3.05) is 12.3 Å². The van der Waals surface area contributed by atoms with Gasteiger partial charge in [0.1, 0.15) is 5.37 Å². The van der Waals surface area contributed by atoms with Crippen molar-refractivity contribution in [1.82, 2.24) is 14.5 Å². The van der Waals surface area contributed by atoms with Gasteiger partial charge in [-0.3, -0.25) is 4.79 Å². The number of aryl methyl sites for hydroxylation is 1. The number of carbonyl (C=O) groups is 1. The quantitative estimate of drug-likeness (QED) is 0.848. The number of thioether (sulfide) groups is 1. The van der Waals surface area contributed by atoms with E-state index in [1.54, 1.807) is 24.3 Å². The van der Waals surface area contributed by atoms with Gasteiger partial charge in [0.05, 0.1) is 12.1 Å². The number of hydrogen-bond acceptors (Lipinski definition) is 3. The summed E-state index contributed by atoms with van der Waals surface area (Å²) in [5.74, 6) is 0.719. The van der Waals surface area contributed by atoms with E-state index < -0.39 is 0 Å². The summed E-state index contributed by atoms with van der Waals surface area (Å²) in [6.45, 7) is 1.60. The summed E-state index contributed by atoms with van der Waals surface area (Å²) < 4.78 is 2.03. The molecule has 1 amide bonds. The zero-order valence-corrected chi connectivity index (χ0v) is 13.1. The van der Waals surface area contributed by atoms with E-state index in [0.29, 0.717) is 5.75 Å². The molecule has 1 atom stereocenters. The van der Waals surface area contributed by atoms with Gasteiger partial charge in [-0.2, -0.15) is 0 Å². The molecular formula is C15H16ClN3OS. The van der Waals surface area contributed by atoms with Crippen molar-refractivity contribution in [2.24, 2.45) is 0 Å². The molecule has 6 heteroatoms. The predicted octanol–water partition coefficient (Wildman–Crippen LogP) is 3.20. The van der Waals surface area contributed by atoms with E-state index in [9.17, 15) is 4.79 Å². The largest absolute Gasteiger partial charge is 0.337 e. The van der Waals surface area contributed by atoms with E-state index in [1.807, 2.05) is 39.9 Å². The Labute approximate surface area is 133 Å². The normalized spacial score (nSPS) is 18.4. The van der Waals surface area contributed by atoms with Gasteiger partial charge in [0, 0.05) is 36.1 Å². The van der Waals surface area contributed by atoms with Crippen LogP contribution in [0.1, 0.15) is 17.4 Å². The Morgan fingerprint density at radius 3 is 2.95 bits per heavy atom. The van der Waals surface area contributed by atoms with Crippen LogP contribution in [0.4, 0.5) is 0 Å². The Balaban J connectivity index is 1.67. The highest BCUT2D eigenvalue weighted by atomic mass is 35.5. The van der Waals surface area contributed by atoms with Gasteiger partial charge in [0.15, 0.2) is 0 Å². The van der Waals surface area contributed by atoms with Crippen LogP contribution in [0.3, 0.4) is 0 Å². The average Bonchev–Trinajstić information content (AvgIpc) is 3.11. The molecule has 0 aliphatic carbocycles. The first-order valence-electron chi connectivity index (χ1n) is 6.87. The number of imidazole rings is 1. The minimum absolute atomic E-state index is 0.0361. The Bertz CT molecular complexity index is 617. The van der Waals surface area contributed by atoms with Crippen LogP contribution in [-0.2, 0) is 11.3 Å². The average molecular weight is 322 g/mol. The lowest BCUT2D eigenvalue weighted by molar-refractivity contribution is -0.128. The van der Waals surface area contributed by atoms with Gasteiger partial charge >= 0.3 is 0 Å². The lowest BCUT2D eigenvalue weighted by atomic mass is 10.2. The highest BCUT2D eigenvalue weighted by molar-refractivity contribution is 8.00. The first-order chi connectivity index (χ1) is 10.3. The third-order valence-corrected chi connectivity index (χ3v) is 5.10. The maximum atomic E-state index is 12.1. The monoisotopic (exact) mass is 321 g/mol. The van der Waals surface area contributed by atoms with Crippen LogP contribution in [0.25, 0.3) is 0 Å². The molecule has 0 spiro atoms. The van der Waals surface area contributed by atoms with Gasteiger partial charge in [-0.25, -0.2) is 4.98 Å². The predicted molar refractivity (Wildman–Crippen MR) is 85.2 cm³/mol. The molecule has 1 saturated heterocycles. The third-order valence-electron chi connectivity index (χ3n) is 3.51. The molecule has 0 radical (unpaired) electrons. The maximum absolute atomic E-state index is 12.1. The fraction of sp³-hybridized carbons (Fsp3) is 0.333.